The van der Waals surface area contributed by atoms with Gasteiger partial charge in [0, 0.05) is 39.3 Å². The van der Waals surface area contributed by atoms with Crippen LogP contribution in [0.3, 0.4) is 0 Å². The molecule has 51 heavy (non-hydrogen) atoms. The molecule has 2 aromatic heterocycles. The van der Waals surface area contributed by atoms with Gasteiger partial charge in [0.1, 0.15) is 11.2 Å². The Hall–Kier alpha value is -6.84. The normalized spacial score (nSPS) is 12.2. The van der Waals surface area contributed by atoms with Gasteiger partial charge in [0.15, 0.2) is 0 Å². The van der Waals surface area contributed by atoms with Crippen LogP contribution in [0.15, 0.2) is 193 Å². The van der Waals surface area contributed by atoms with Crippen molar-refractivity contribution in [1.82, 2.24) is 4.57 Å². The number of furan rings is 1. The van der Waals surface area contributed by atoms with Crippen LogP contribution in [-0.4, -0.2) is 4.57 Å². The topological polar surface area (TPSA) is 21.3 Å². The number of anilines is 2. The molecule has 0 fully saturated rings. The van der Waals surface area contributed by atoms with E-state index in [1.54, 1.807) is 0 Å². The van der Waals surface area contributed by atoms with Crippen LogP contribution in [-0.2, 0) is 0 Å². The molecule has 3 nitrogen and oxygen atoms in total. The first-order valence-electron chi connectivity index (χ1n) is 17.2. The van der Waals surface area contributed by atoms with Gasteiger partial charge in [0.25, 0.3) is 0 Å². The molecule has 0 aliphatic carbocycles. The summed E-state index contributed by atoms with van der Waals surface area (Å²) < 4.78 is 9.00. The highest BCUT2D eigenvalue weighted by atomic mass is 16.3. The van der Waals surface area contributed by atoms with Gasteiger partial charge in [-0.3, -0.25) is 0 Å². The van der Waals surface area contributed by atoms with Crippen molar-refractivity contribution in [3.05, 3.63) is 199 Å². The Kier molecular flexibility index (Phi) is 7.64. The molecule has 9 rings (SSSR count). The third kappa shape index (κ3) is 5.42. The van der Waals surface area contributed by atoms with Crippen molar-refractivity contribution in [2.75, 3.05) is 4.90 Å². The van der Waals surface area contributed by atoms with Crippen LogP contribution in [0.5, 0.6) is 0 Å². The van der Waals surface area contributed by atoms with E-state index in [0.29, 0.717) is 0 Å². The minimum atomic E-state index is 0.871. The van der Waals surface area contributed by atoms with Crippen molar-refractivity contribution < 1.29 is 4.42 Å². The van der Waals surface area contributed by atoms with Gasteiger partial charge in [-0.1, -0.05) is 134 Å². The first kappa shape index (κ1) is 30.2. The standard InChI is InChI=1S/C48H34N2O/c1-2-14-44-43(47-45(50(44)40-19-10-5-11-20-40)32-31-42-41-21-12-13-22-46(41)51-48(42)47)33-49(38-17-8-4-9-18-38)39-29-27-37(28-30-39)36-25-23-35(24-26-36)34-15-6-3-7-16-34/h2-33H,1H2/b43-33+,44-14+. The zero-order chi connectivity index (χ0) is 34.1. The van der Waals surface area contributed by atoms with Crippen molar-refractivity contribution in [3.63, 3.8) is 0 Å². The molecule has 3 heteroatoms. The van der Waals surface area contributed by atoms with Crippen molar-refractivity contribution in [3.8, 4) is 27.9 Å². The largest absolute Gasteiger partial charge is 0.455 e. The summed E-state index contributed by atoms with van der Waals surface area (Å²) in [6, 6.07) is 61.8. The highest BCUT2D eigenvalue weighted by Crippen LogP contribution is 2.34. The lowest BCUT2D eigenvalue weighted by atomic mass is 10.00. The quantitative estimate of drug-likeness (QED) is 0.171. The van der Waals surface area contributed by atoms with E-state index in [1.807, 2.05) is 18.2 Å². The fraction of sp³-hybridized carbons (Fsp3) is 0. The average Bonchev–Trinajstić information content (AvgIpc) is 3.73. The predicted octanol–water partition coefficient (Wildman–Crippen LogP) is 11.4. The Balaban J connectivity index is 1.26. The van der Waals surface area contributed by atoms with Crippen molar-refractivity contribution in [2.24, 2.45) is 0 Å². The second-order valence-electron chi connectivity index (χ2n) is 12.6. The number of allylic oxidation sites excluding steroid dienone is 1. The highest BCUT2D eigenvalue weighted by Gasteiger charge is 2.18. The molecular formula is C48H34N2O. The van der Waals surface area contributed by atoms with Gasteiger partial charge in [-0.15, -0.1) is 0 Å². The molecule has 0 atom stereocenters. The van der Waals surface area contributed by atoms with Crippen molar-refractivity contribution in [1.29, 1.82) is 0 Å². The van der Waals surface area contributed by atoms with Crippen LogP contribution in [0, 0.1) is 0 Å². The molecule has 0 saturated carbocycles. The fourth-order valence-corrected chi connectivity index (χ4v) is 7.18. The third-order valence-corrected chi connectivity index (χ3v) is 9.61. The first-order valence-corrected chi connectivity index (χ1v) is 17.2. The summed E-state index contributed by atoms with van der Waals surface area (Å²) in [6.07, 6.45) is 6.22. The second kappa shape index (κ2) is 12.9. The lowest BCUT2D eigenvalue weighted by Gasteiger charge is -2.21. The Morgan fingerprint density at radius 2 is 1.06 bits per heavy atom. The molecule has 0 N–H and O–H groups in total. The van der Waals surface area contributed by atoms with Gasteiger partial charge in [-0.25, -0.2) is 0 Å². The number of rotatable bonds is 7. The SMILES string of the molecule is C=C/C=c1\c(=C/N(c2ccccc2)c2ccc(-c3ccc(-c4ccccc4)cc3)cc2)c2c3oc4ccccc4c3ccc2n1-c1ccccc1. The number of fused-ring (bicyclic) bond motifs is 5. The fourth-order valence-electron chi connectivity index (χ4n) is 7.18. The maximum Gasteiger partial charge on any atom is 0.145 e. The monoisotopic (exact) mass is 654 g/mol. The van der Waals surface area contributed by atoms with Crippen LogP contribution >= 0.6 is 0 Å². The van der Waals surface area contributed by atoms with Gasteiger partial charge >= 0.3 is 0 Å². The molecule has 0 unspecified atom stereocenters. The maximum atomic E-state index is 6.69. The summed E-state index contributed by atoms with van der Waals surface area (Å²) in [5.74, 6) is 0. The lowest BCUT2D eigenvalue weighted by Crippen LogP contribution is -2.30. The van der Waals surface area contributed by atoms with E-state index in [4.69, 9.17) is 4.42 Å². The molecule has 0 bridgehead atoms. The zero-order valence-corrected chi connectivity index (χ0v) is 28.0. The van der Waals surface area contributed by atoms with Gasteiger partial charge in [0.2, 0.25) is 0 Å². The minimum Gasteiger partial charge on any atom is -0.455 e. The minimum absolute atomic E-state index is 0.871. The molecule has 0 radical (unpaired) electrons. The van der Waals surface area contributed by atoms with Crippen LogP contribution in [0.4, 0.5) is 11.4 Å². The van der Waals surface area contributed by atoms with Gasteiger partial charge in [0.05, 0.1) is 16.3 Å². The number of para-hydroxylation sites is 3. The third-order valence-electron chi connectivity index (χ3n) is 9.61. The molecular weight excluding hydrogens is 621 g/mol. The average molecular weight is 655 g/mol. The van der Waals surface area contributed by atoms with E-state index in [0.717, 1.165) is 66.0 Å². The summed E-state index contributed by atoms with van der Waals surface area (Å²) >= 11 is 0. The summed E-state index contributed by atoms with van der Waals surface area (Å²) in [5.41, 5.74) is 10.8. The summed E-state index contributed by atoms with van der Waals surface area (Å²) in [5, 5.41) is 5.32. The van der Waals surface area contributed by atoms with Crippen LogP contribution in [0.1, 0.15) is 0 Å². The van der Waals surface area contributed by atoms with Crippen LogP contribution in [0.2, 0.25) is 0 Å². The van der Waals surface area contributed by atoms with E-state index >= 15 is 0 Å². The van der Waals surface area contributed by atoms with Gasteiger partial charge < -0.3 is 13.9 Å². The van der Waals surface area contributed by atoms with E-state index < -0.39 is 0 Å². The molecule has 9 aromatic rings. The number of hydrogen-bond donors (Lipinski definition) is 0. The predicted molar refractivity (Wildman–Crippen MR) is 215 cm³/mol. The molecule has 7 aromatic carbocycles. The Morgan fingerprint density at radius 1 is 0.510 bits per heavy atom. The van der Waals surface area contributed by atoms with Crippen LogP contribution in [0.25, 0.3) is 73.1 Å². The molecule has 0 saturated heterocycles. The van der Waals surface area contributed by atoms with E-state index in [-0.39, 0.29) is 0 Å². The molecule has 242 valence electrons. The highest BCUT2D eigenvalue weighted by molar-refractivity contribution is 6.15. The summed E-state index contributed by atoms with van der Waals surface area (Å²) in [7, 11) is 0. The van der Waals surface area contributed by atoms with Gasteiger partial charge in [-0.05, 0) is 82.9 Å². The molecule has 2 heterocycles. The Labute approximate surface area is 296 Å². The molecule has 0 aliphatic rings. The molecule has 0 spiro atoms. The number of hydrogen-bond acceptors (Lipinski definition) is 2. The smallest absolute Gasteiger partial charge is 0.145 e. The van der Waals surface area contributed by atoms with Crippen molar-refractivity contribution in [2.45, 2.75) is 0 Å². The van der Waals surface area contributed by atoms with E-state index in [9.17, 15) is 0 Å². The number of benzene rings is 7. The Bertz CT molecular complexity index is 2780. The molecule has 0 amide bonds. The lowest BCUT2D eigenvalue weighted by molar-refractivity contribution is 0.672. The first-order chi connectivity index (χ1) is 25.3. The second-order valence-corrected chi connectivity index (χ2v) is 12.6. The summed E-state index contributed by atoms with van der Waals surface area (Å²) in [4.78, 5) is 2.27. The summed E-state index contributed by atoms with van der Waals surface area (Å²) in [6.45, 7) is 4.14. The van der Waals surface area contributed by atoms with Gasteiger partial charge in [-0.2, -0.15) is 0 Å². The van der Waals surface area contributed by atoms with E-state index in [2.05, 4.69) is 192 Å². The van der Waals surface area contributed by atoms with Crippen LogP contribution < -0.4 is 15.5 Å². The number of nitrogens with zero attached hydrogens (tertiary/aromatic N) is 2. The Morgan fingerprint density at radius 3 is 1.73 bits per heavy atom. The number of aromatic nitrogens is 1. The van der Waals surface area contributed by atoms with Crippen molar-refractivity contribution >= 4 is 56.5 Å². The van der Waals surface area contributed by atoms with E-state index in [1.165, 1.54) is 16.7 Å². The molecule has 0 aliphatic heterocycles. The maximum absolute atomic E-state index is 6.69. The zero-order valence-electron chi connectivity index (χ0n) is 28.0.